The van der Waals surface area contributed by atoms with Crippen molar-refractivity contribution in [3.63, 3.8) is 0 Å². The number of hydrogen-bond donors (Lipinski definition) is 2. The molecule has 0 atom stereocenters. The molecule has 0 aliphatic carbocycles. The highest BCUT2D eigenvalue weighted by Gasteiger charge is 2.09. The molecule has 0 saturated carbocycles. The zero-order valence-corrected chi connectivity index (χ0v) is 11.9. The van der Waals surface area contributed by atoms with Crippen LogP contribution in [0.5, 0.6) is 0 Å². The van der Waals surface area contributed by atoms with E-state index in [0.29, 0.717) is 19.6 Å². The van der Waals surface area contributed by atoms with E-state index in [-0.39, 0.29) is 12.6 Å². The topological polar surface area (TPSA) is 55.8 Å². The molecule has 1 aromatic rings. The fourth-order valence-electron chi connectivity index (χ4n) is 1.76. The summed E-state index contributed by atoms with van der Waals surface area (Å²) < 4.78 is 0. The number of benzene rings is 1. The van der Waals surface area contributed by atoms with E-state index in [1.54, 1.807) is 4.90 Å². The summed E-state index contributed by atoms with van der Waals surface area (Å²) in [6.07, 6.45) is 0. The van der Waals surface area contributed by atoms with Gasteiger partial charge in [-0.25, -0.2) is 4.79 Å². The van der Waals surface area contributed by atoms with Crippen molar-refractivity contribution in [3.05, 3.63) is 29.8 Å². The molecule has 0 unspecified atom stereocenters. The van der Waals surface area contributed by atoms with Crippen molar-refractivity contribution in [2.75, 3.05) is 38.7 Å². The molecular weight excluding hydrogens is 242 g/mol. The van der Waals surface area contributed by atoms with Gasteiger partial charge in [0.15, 0.2) is 0 Å². The van der Waals surface area contributed by atoms with Gasteiger partial charge in [-0.15, -0.1) is 0 Å². The highest BCUT2D eigenvalue weighted by atomic mass is 16.3. The van der Waals surface area contributed by atoms with Crippen LogP contribution in [0, 0.1) is 0 Å². The number of carbonyl (C=O) groups is 1. The minimum atomic E-state index is -0.146. The molecule has 2 amide bonds. The quantitative estimate of drug-likeness (QED) is 0.814. The monoisotopic (exact) mass is 265 g/mol. The van der Waals surface area contributed by atoms with Gasteiger partial charge in [0.1, 0.15) is 0 Å². The van der Waals surface area contributed by atoms with Crippen LogP contribution in [-0.4, -0.2) is 49.8 Å². The number of aliphatic hydroxyl groups excluding tert-OH is 1. The molecule has 1 rings (SSSR count). The van der Waals surface area contributed by atoms with E-state index in [9.17, 15) is 4.79 Å². The minimum Gasteiger partial charge on any atom is -0.395 e. The molecule has 0 bridgehead atoms. The first-order chi connectivity index (χ1) is 9.08. The van der Waals surface area contributed by atoms with E-state index in [4.69, 9.17) is 5.11 Å². The van der Waals surface area contributed by atoms with Crippen LogP contribution >= 0.6 is 0 Å². The summed E-state index contributed by atoms with van der Waals surface area (Å²) >= 11 is 0. The lowest BCUT2D eigenvalue weighted by Crippen LogP contribution is -2.41. The summed E-state index contributed by atoms with van der Waals surface area (Å²) in [6.45, 7) is 3.31. The number of amides is 2. The molecule has 5 heteroatoms. The van der Waals surface area contributed by atoms with Crippen LogP contribution in [0.2, 0.25) is 0 Å². The molecule has 0 aromatic heterocycles. The number of rotatable bonds is 6. The van der Waals surface area contributed by atoms with Crippen LogP contribution in [0.3, 0.4) is 0 Å². The maximum absolute atomic E-state index is 11.8. The van der Waals surface area contributed by atoms with Gasteiger partial charge in [0, 0.05) is 39.4 Å². The average Bonchev–Trinajstić information content (AvgIpc) is 2.42. The Kier molecular flexibility index (Phi) is 6.15. The van der Waals surface area contributed by atoms with Gasteiger partial charge >= 0.3 is 6.03 Å². The average molecular weight is 265 g/mol. The first kappa shape index (κ1) is 15.3. The van der Waals surface area contributed by atoms with Gasteiger partial charge in [-0.05, 0) is 24.6 Å². The molecule has 0 spiro atoms. The third kappa shape index (κ3) is 4.79. The predicted molar refractivity (Wildman–Crippen MR) is 77.3 cm³/mol. The number of urea groups is 1. The zero-order valence-electron chi connectivity index (χ0n) is 11.9. The standard InChI is InChI=1S/C14H23N3O2/c1-4-17(8-9-18)14(19)15-11-12-6-5-7-13(10-12)16(2)3/h5-7,10,18H,4,8-9,11H2,1-3H3,(H,15,19). The third-order valence-electron chi connectivity index (χ3n) is 2.91. The van der Waals surface area contributed by atoms with Crippen LogP contribution in [0.15, 0.2) is 24.3 Å². The van der Waals surface area contributed by atoms with Crippen molar-refractivity contribution in [3.8, 4) is 0 Å². The molecule has 0 fully saturated rings. The summed E-state index contributed by atoms with van der Waals surface area (Å²) in [5, 5.41) is 11.7. The lowest BCUT2D eigenvalue weighted by Gasteiger charge is -2.20. The van der Waals surface area contributed by atoms with Gasteiger partial charge in [0.2, 0.25) is 0 Å². The Balaban J connectivity index is 2.56. The Morgan fingerprint density at radius 1 is 1.37 bits per heavy atom. The summed E-state index contributed by atoms with van der Waals surface area (Å²) in [4.78, 5) is 15.5. The van der Waals surface area contributed by atoms with E-state index in [1.165, 1.54) is 0 Å². The molecule has 0 saturated heterocycles. The molecule has 2 N–H and O–H groups in total. The molecule has 0 heterocycles. The Hall–Kier alpha value is -1.75. The number of aliphatic hydroxyl groups is 1. The Bertz CT molecular complexity index is 407. The molecule has 106 valence electrons. The van der Waals surface area contributed by atoms with Crippen molar-refractivity contribution in [1.82, 2.24) is 10.2 Å². The molecular formula is C14H23N3O2. The summed E-state index contributed by atoms with van der Waals surface area (Å²) in [6, 6.07) is 7.88. The number of likely N-dealkylation sites (N-methyl/N-ethyl adjacent to an activating group) is 1. The van der Waals surface area contributed by atoms with E-state index < -0.39 is 0 Å². The summed E-state index contributed by atoms with van der Waals surface area (Å²) in [5.74, 6) is 0. The van der Waals surface area contributed by atoms with Gasteiger partial charge in [0.25, 0.3) is 0 Å². The van der Waals surface area contributed by atoms with Crippen LogP contribution in [0.4, 0.5) is 10.5 Å². The van der Waals surface area contributed by atoms with Crippen LogP contribution in [-0.2, 0) is 6.54 Å². The maximum Gasteiger partial charge on any atom is 0.317 e. The molecule has 1 aromatic carbocycles. The fourth-order valence-corrected chi connectivity index (χ4v) is 1.76. The summed E-state index contributed by atoms with van der Waals surface area (Å²) in [7, 11) is 3.97. The fraction of sp³-hybridized carbons (Fsp3) is 0.500. The van der Waals surface area contributed by atoms with E-state index in [1.807, 2.05) is 50.2 Å². The Labute approximate surface area is 114 Å². The lowest BCUT2D eigenvalue weighted by atomic mass is 10.2. The lowest BCUT2D eigenvalue weighted by molar-refractivity contribution is 0.180. The van der Waals surface area contributed by atoms with E-state index in [0.717, 1.165) is 11.3 Å². The van der Waals surface area contributed by atoms with E-state index >= 15 is 0 Å². The predicted octanol–water partition coefficient (Wildman–Crippen LogP) is 1.28. The van der Waals surface area contributed by atoms with Crippen LogP contribution in [0.1, 0.15) is 12.5 Å². The van der Waals surface area contributed by atoms with Crippen molar-refractivity contribution in [2.45, 2.75) is 13.5 Å². The van der Waals surface area contributed by atoms with Gasteiger partial charge in [0.05, 0.1) is 6.61 Å². The Morgan fingerprint density at radius 3 is 2.68 bits per heavy atom. The zero-order chi connectivity index (χ0) is 14.3. The van der Waals surface area contributed by atoms with Crippen molar-refractivity contribution in [2.24, 2.45) is 0 Å². The van der Waals surface area contributed by atoms with Crippen molar-refractivity contribution >= 4 is 11.7 Å². The second-order valence-corrected chi connectivity index (χ2v) is 4.53. The normalized spacial score (nSPS) is 10.1. The van der Waals surface area contributed by atoms with Gasteiger partial charge in [-0.1, -0.05) is 12.1 Å². The maximum atomic E-state index is 11.8. The van der Waals surface area contributed by atoms with Crippen LogP contribution in [0.25, 0.3) is 0 Å². The molecule has 0 radical (unpaired) electrons. The number of carbonyl (C=O) groups excluding carboxylic acids is 1. The first-order valence-electron chi connectivity index (χ1n) is 6.48. The molecule has 0 aliphatic heterocycles. The highest BCUT2D eigenvalue weighted by molar-refractivity contribution is 5.74. The minimum absolute atomic E-state index is 0.0165. The first-order valence-corrected chi connectivity index (χ1v) is 6.48. The van der Waals surface area contributed by atoms with Gasteiger partial charge in [-0.2, -0.15) is 0 Å². The number of nitrogens with one attached hydrogen (secondary N) is 1. The molecule has 5 nitrogen and oxygen atoms in total. The molecule has 19 heavy (non-hydrogen) atoms. The second-order valence-electron chi connectivity index (χ2n) is 4.53. The van der Waals surface area contributed by atoms with Crippen LogP contribution < -0.4 is 10.2 Å². The van der Waals surface area contributed by atoms with Crippen molar-refractivity contribution in [1.29, 1.82) is 0 Å². The molecule has 0 aliphatic rings. The van der Waals surface area contributed by atoms with E-state index in [2.05, 4.69) is 5.32 Å². The smallest absolute Gasteiger partial charge is 0.317 e. The van der Waals surface area contributed by atoms with Crippen molar-refractivity contribution < 1.29 is 9.90 Å². The highest BCUT2D eigenvalue weighted by Crippen LogP contribution is 2.13. The number of hydrogen-bond acceptors (Lipinski definition) is 3. The Morgan fingerprint density at radius 2 is 2.11 bits per heavy atom. The van der Waals surface area contributed by atoms with Gasteiger partial charge in [-0.3, -0.25) is 0 Å². The van der Waals surface area contributed by atoms with Gasteiger partial charge < -0.3 is 20.2 Å². The third-order valence-corrected chi connectivity index (χ3v) is 2.91. The number of nitrogens with zero attached hydrogens (tertiary/aromatic N) is 2. The second kappa shape index (κ2) is 7.63. The largest absolute Gasteiger partial charge is 0.395 e. The SMILES string of the molecule is CCN(CCO)C(=O)NCc1cccc(N(C)C)c1. The summed E-state index contributed by atoms with van der Waals surface area (Å²) in [5.41, 5.74) is 2.16. The number of anilines is 1.